The maximum Gasteiger partial charge on any atom is 0.225 e. The molecule has 26 heavy (non-hydrogen) atoms. The third kappa shape index (κ3) is 4.95. The summed E-state index contributed by atoms with van der Waals surface area (Å²) in [5.41, 5.74) is 1.92. The molecule has 0 aromatic heterocycles. The van der Waals surface area contributed by atoms with Gasteiger partial charge in [-0.2, -0.15) is 0 Å². The molecule has 1 aromatic rings. The molecule has 1 aromatic carbocycles. The second kappa shape index (κ2) is 9.00. The molecule has 0 atom stereocenters. The molecule has 0 radical (unpaired) electrons. The number of para-hydroxylation sites is 2. The highest BCUT2D eigenvalue weighted by atomic mass is 16.5. The van der Waals surface area contributed by atoms with Gasteiger partial charge in [0.15, 0.2) is 0 Å². The van der Waals surface area contributed by atoms with E-state index >= 15 is 0 Å². The molecule has 0 spiro atoms. The van der Waals surface area contributed by atoms with E-state index < -0.39 is 0 Å². The number of morpholine rings is 1. The van der Waals surface area contributed by atoms with Crippen LogP contribution in [-0.4, -0.2) is 80.6 Å². The number of benzene rings is 1. The second-order valence-electron chi connectivity index (χ2n) is 6.76. The van der Waals surface area contributed by atoms with Gasteiger partial charge in [0, 0.05) is 59.2 Å². The van der Waals surface area contributed by atoms with Crippen molar-refractivity contribution in [1.29, 1.82) is 0 Å². The van der Waals surface area contributed by atoms with Gasteiger partial charge in [-0.3, -0.25) is 14.5 Å². The molecule has 0 unspecified atom stereocenters. The fourth-order valence-corrected chi connectivity index (χ4v) is 3.42. The summed E-state index contributed by atoms with van der Waals surface area (Å²) in [6, 6.07) is 7.94. The van der Waals surface area contributed by atoms with Gasteiger partial charge in [-0.25, -0.2) is 0 Å². The standard InChI is InChI=1S/C19H28N4O3/c1-16(24)22-10-8-21(9-11-22)7-6-19(25)20-17-4-2-3-5-18(17)23-12-14-26-15-13-23/h2-5H,6-15H2,1H3,(H,20,25). The van der Waals surface area contributed by atoms with Crippen LogP contribution in [0.4, 0.5) is 11.4 Å². The average molecular weight is 360 g/mol. The van der Waals surface area contributed by atoms with Crippen molar-refractivity contribution in [2.45, 2.75) is 13.3 Å². The van der Waals surface area contributed by atoms with E-state index in [2.05, 4.69) is 15.1 Å². The van der Waals surface area contributed by atoms with Gasteiger partial charge >= 0.3 is 0 Å². The van der Waals surface area contributed by atoms with E-state index in [1.165, 1.54) is 0 Å². The third-order valence-corrected chi connectivity index (χ3v) is 5.00. The number of hydrogen-bond donors (Lipinski definition) is 1. The van der Waals surface area contributed by atoms with Gasteiger partial charge in [-0.05, 0) is 12.1 Å². The zero-order valence-corrected chi connectivity index (χ0v) is 15.4. The van der Waals surface area contributed by atoms with Crippen LogP contribution in [0, 0.1) is 0 Å². The fraction of sp³-hybridized carbons (Fsp3) is 0.579. The van der Waals surface area contributed by atoms with Crippen molar-refractivity contribution in [3.8, 4) is 0 Å². The van der Waals surface area contributed by atoms with Crippen molar-refractivity contribution >= 4 is 23.2 Å². The van der Waals surface area contributed by atoms with Crippen LogP contribution < -0.4 is 10.2 Å². The van der Waals surface area contributed by atoms with Crippen LogP contribution in [0.2, 0.25) is 0 Å². The topological polar surface area (TPSA) is 65.1 Å². The number of amides is 2. The molecular formula is C19H28N4O3. The Kier molecular flexibility index (Phi) is 6.46. The Labute approximate surface area is 154 Å². The van der Waals surface area contributed by atoms with Gasteiger partial charge in [0.05, 0.1) is 24.6 Å². The number of hydrogen-bond acceptors (Lipinski definition) is 5. The number of carbonyl (C=O) groups is 2. The fourth-order valence-electron chi connectivity index (χ4n) is 3.42. The molecule has 0 saturated carbocycles. The van der Waals surface area contributed by atoms with Crippen LogP contribution in [0.25, 0.3) is 0 Å². The van der Waals surface area contributed by atoms with Crippen molar-refractivity contribution in [1.82, 2.24) is 9.80 Å². The first-order chi connectivity index (χ1) is 12.6. The first kappa shape index (κ1) is 18.7. The largest absolute Gasteiger partial charge is 0.378 e. The summed E-state index contributed by atoms with van der Waals surface area (Å²) >= 11 is 0. The third-order valence-electron chi connectivity index (χ3n) is 5.00. The number of anilines is 2. The number of piperazine rings is 1. The van der Waals surface area contributed by atoms with Crippen LogP contribution in [0.15, 0.2) is 24.3 Å². The Morgan fingerprint density at radius 2 is 1.73 bits per heavy atom. The van der Waals surface area contributed by atoms with Crippen LogP contribution in [0.5, 0.6) is 0 Å². The minimum absolute atomic E-state index is 0.0275. The summed E-state index contributed by atoms with van der Waals surface area (Å²) in [6.07, 6.45) is 0.456. The molecule has 2 saturated heterocycles. The Morgan fingerprint density at radius 1 is 1.04 bits per heavy atom. The predicted octanol–water partition coefficient (Wildman–Crippen LogP) is 1.02. The Hall–Kier alpha value is -2.12. The molecule has 2 heterocycles. The first-order valence-electron chi connectivity index (χ1n) is 9.33. The van der Waals surface area contributed by atoms with E-state index in [4.69, 9.17) is 4.74 Å². The molecule has 2 fully saturated rings. The zero-order chi connectivity index (χ0) is 18.4. The smallest absolute Gasteiger partial charge is 0.225 e. The van der Waals surface area contributed by atoms with Crippen molar-refractivity contribution in [3.63, 3.8) is 0 Å². The first-order valence-corrected chi connectivity index (χ1v) is 9.33. The van der Waals surface area contributed by atoms with Crippen LogP contribution in [0.3, 0.4) is 0 Å². The van der Waals surface area contributed by atoms with Crippen LogP contribution in [0.1, 0.15) is 13.3 Å². The second-order valence-corrected chi connectivity index (χ2v) is 6.76. The normalized spacial score (nSPS) is 18.7. The maximum absolute atomic E-state index is 12.4. The highest BCUT2D eigenvalue weighted by Crippen LogP contribution is 2.26. The lowest BCUT2D eigenvalue weighted by Crippen LogP contribution is -2.48. The summed E-state index contributed by atoms with van der Waals surface area (Å²) in [7, 11) is 0. The average Bonchev–Trinajstić information content (AvgIpc) is 2.68. The predicted molar refractivity (Wildman–Crippen MR) is 101 cm³/mol. The summed E-state index contributed by atoms with van der Waals surface area (Å²) in [5, 5.41) is 3.06. The molecular weight excluding hydrogens is 332 g/mol. The quantitative estimate of drug-likeness (QED) is 0.849. The number of nitrogens with one attached hydrogen (secondary N) is 1. The highest BCUT2D eigenvalue weighted by Gasteiger charge is 2.20. The lowest BCUT2D eigenvalue weighted by molar-refractivity contribution is -0.130. The van der Waals surface area contributed by atoms with E-state index in [-0.39, 0.29) is 11.8 Å². The highest BCUT2D eigenvalue weighted by molar-refractivity contribution is 5.94. The molecule has 0 aliphatic carbocycles. The Bertz CT molecular complexity index is 623. The van der Waals surface area contributed by atoms with E-state index in [0.29, 0.717) is 19.6 Å². The SMILES string of the molecule is CC(=O)N1CCN(CCC(=O)Nc2ccccc2N2CCOCC2)CC1. The van der Waals surface area contributed by atoms with E-state index in [1.807, 2.05) is 29.2 Å². The van der Waals surface area contributed by atoms with Crippen molar-refractivity contribution in [3.05, 3.63) is 24.3 Å². The molecule has 7 heteroatoms. The number of carbonyl (C=O) groups excluding carboxylic acids is 2. The summed E-state index contributed by atoms with van der Waals surface area (Å²) < 4.78 is 5.41. The lowest BCUT2D eigenvalue weighted by Gasteiger charge is -2.34. The minimum Gasteiger partial charge on any atom is -0.378 e. The molecule has 3 rings (SSSR count). The van der Waals surface area contributed by atoms with Crippen molar-refractivity contribution < 1.29 is 14.3 Å². The minimum atomic E-state index is 0.0275. The number of rotatable bonds is 5. The monoisotopic (exact) mass is 360 g/mol. The molecule has 1 N–H and O–H groups in total. The summed E-state index contributed by atoms with van der Waals surface area (Å²) in [4.78, 5) is 30.1. The molecule has 2 aliphatic rings. The Balaban J connectivity index is 1.49. The molecule has 2 aliphatic heterocycles. The molecule has 2 amide bonds. The van der Waals surface area contributed by atoms with E-state index in [9.17, 15) is 9.59 Å². The van der Waals surface area contributed by atoms with Gasteiger partial charge < -0.3 is 19.9 Å². The zero-order valence-electron chi connectivity index (χ0n) is 15.4. The molecule has 0 bridgehead atoms. The number of ether oxygens (including phenoxy) is 1. The van der Waals surface area contributed by atoms with Gasteiger partial charge in [0.2, 0.25) is 11.8 Å². The van der Waals surface area contributed by atoms with Gasteiger partial charge in [-0.15, -0.1) is 0 Å². The van der Waals surface area contributed by atoms with Crippen LogP contribution in [-0.2, 0) is 14.3 Å². The van der Waals surface area contributed by atoms with Gasteiger partial charge in [0.1, 0.15) is 0 Å². The van der Waals surface area contributed by atoms with Crippen molar-refractivity contribution in [2.24, 2.45) is 0 Å². The molecule has 142 valence electrons. The summed E-state index contributed by atoms with van der Waals surface area (Å²) in [6.45, 7) is 8.60. The molecule has 7 nitrogen and oxygen atoms in total. The Morgan fingerprint density at radius 3 is 2.42 bits per heavy atom. The van der Waals surface area contributed by atoms with E-state index in [0.717, 1.165) is 57.2 Å². The van der Waals surface area contributed by atoms with E-state index in [1.54, 1.807) is 6.92 Å². The van der Waals surface area contributed by atoms with Crippen molar-refractivity contribution in [2.75, 3.05) is 69.2 Å². The maximum atomic E-state index is 12.4. The van der Waals surface area contributed by atoms with Gasteiger partial charge in [0.25, 0.3) is 0 Å². The van der Waals surface area contributed by atoms with Gasteiger partial charge in [-0.1, -0.05) is 12.1 Å². The number of nitrogens with zero attached hydrogens (tertiary/aromatic N) is 3. The van der Waals surface area contributed by atoms with Crippen LogP contribution >= 0.6 is 0 Å². The lowest BCUT2D eigenvalue weighted by atomic mass is 10.2. The summed E-state index contributed by atoms with van der Waals surface area (Å²) in [5.74, 6) is 0.154.